The maximum Gasteiger partial charge on any atom is 0.261 e. The van der Waals surface area contributed by atoms with E-state index in [1.165, 1.54) is 0 Å². The zero-order chi connectivity index (χ0) is 8.43. The van der Waals surface area contributed by atoms with Crippen LogP contribution in [0.4, 0.5) is 0 Å². The number of aromatic nitrogens is 2. The highest BCUT2D eigenvalue weighted by Gasteiger charge is 2.03. The Bertz CT molecular complexity index is 341. The first kappa shape index (κ1) is 7.65. The van der Waals surface area contributed by atoms with Gasteiger partial charge >= 0.3 is 0 Å². The number of aldehydes is 1. The van der Waals surface area contributed by atoms with Crippen molar-refractivity contribution in [2.24, 2.45) is 0 Å². The molecule has 1 rings (SSSR count). The molecule has 0 atom stereocenters. The Morgan fingerprint density at radius 1 is 1.45 bits per heavy atom. The Balaban J connectivity index is 3.49. The number of aryl methyl sites for hydroxylation is 2. The lowest BCUT2D eigenvalue weighted by Crippen LogP contribution is -2.16. The Morgan fingerprint density at radius 3 is 2.55 bits per heavy atom. The van der Waals surface area contributed by atoms with Crippen LogP contribution in [-0.4, -0.2) is 16.3 Å². The molecule has 4 heteroatoms. The van der Waals surface area contributed by atoms with Crippen LogP contribution < -0.4 is 5.56 Å². The van der Waals surface area contributed by atoms with Crippen molar-refractivity contribution >= 4 is 6.29 Å². The van der Waals surface area contributed by atoms with Crippen LogP contribution in [0.5, 0.6) is 0 Å². The second-order valence-electron chi connectivity index (χ2n) is 2.27. The van der Waals surface area contributed by atoms with E-state index >= 15 is 0 Å². The zero-order valence-corrected chi connectivity index (χ0v) is 6.34. The van der Waals surface area contributed by atoms with Gasteiger partial charge in [0.05, 0.1) is 5.69 Å². The topological polar surface area (TPSA) is 62.8 Å². The van der Waals surface area contributed by atoms with Crippen molar-refractivity contribution < 1.29 is 4.79 Å². The number of carbonyl (C=O) groups excluding carboxylic acids is 1. The summed E-state index contributed by atoms with van der Waals surface area (Å²) < 4.78 is 0. The van der Waals surface area contributed by atoms with Gasteiger partial charge in [0.15, 0.2) is 6.29 Å². The number of hydrogen-bond donors (Lipinski definition) is 1. The summed E-state index contributed by atoms with van der Waals surface area (Å²) >= 11 is 0. The molecule has 0 bridgehead atoms. The van der Waals surface area contributed by atoms with Crippen molar-refractivity contribution in [1.29, 1.82) is 0 Å². The van der Waals surface area contributed by atoms with E-state index in [9.17, 15) is 9.59 Å². The molecule has 0 radical (unpaired) electrons. The van der Waals surface area contributed by atoms with E-state index in [1.807, 2.05) is 0 Å². The highest BCUT2D eigenvalue weighted by atomic mass is 16.1. The Kier molecular flexibility index (Phi) is 1.85. The van der Waals surface area contributed by atoms with Crippen LogP contribution in [0.1, 0.15) is 21.9 Å². The molecule has 0 amide bonds. The van der Waals surface area contributed by atoms with E-state index in [-0.39, 0.29) is 11.1 Å². The summed E-state index contributed by atoms with van der Waals surface area (Å²) in [6.07, 6.45) is 0.514. The summed E-state index contributed by atoms with van der Waals surface area (Å²) in [5.74, 6) is 0.526. The van der Waals surface area contributed by atoms with Crippen molar-refractivity contribution in [2.45, 2.75) is 13.8 Å². The third-order valence-electron chi connectivity index (χ3n) is 1.38. The summed E-state index contributed by atoms with van der Waals surface area (Å²) in [7, 11) is 0. The van der Waals surface area contributed by atoms with Gasteiger partial charge in [-0.2, -0.15) is 0 Å². The Hall–Kier alpha value is -1.45. The molecular formula is C7H8N2O2. The molecule has 11 heavy (non-hydrogen) atoms. The average molecular weight is 152 g/mol. The molecular weight excluding hydrogens is 144 g/mol. The summed E-state index contributed by atoms with van der Waals surface area (Å²) in [6, 6.07) is 0. The van der Waals surface area contributed by atoms with Crippen molar-refractivity contribution in [3.05, 3.63) is 27.4 Å². The number of H-pyrrole nitrogens is 1. The highest BCUT2D eigenvalue weighted by Crippen LogP contribution is 1.93. The first-order chi connectivity index (χ1) is 5.15. The van der Waals surface area contributed by atoms with Crippen molar-refractivity contribution in [2.75, 3.05) is 0 Å². The van der Waals surface area contributed by atoms with E-state index in [0.717, 1.165) is 0 Å². The van der Waals surface area contributed by atoms with Crippen LogP contribution in [0.15, 0.2) is 4.79 Å². The lowest BCUT2D eigenvalue weighted by molar-refractivity contribution is 0.112. The standard InChI is InChI=1S/C7H8N2O2/c1-4-6(3-10)7(11)9-5(2)8-4/h3H,1-2H3,(H,8,9,11). The van der Waals surface area contributed by atoms with Gasteiger partial charge in [-0.3, -0.25) is 9.59 Å². The molecule has 1 heterocycles. The first-order valence-corrected chi connectivity index (χ1v) is 3.18. The van der Waals surface area contributed by atoms with E-state index in [1.54, 1.807) is 13.8 Å². The van der Waals surface area contributed by atoms with E-state index in [4.69, 9.17) is 0 Å². The van der Waals surface area contributed by atoms with Gasteiger partial charge < -0.3 is 4.98 Å². The van der Waals surface area contributed by atoms with E-state index < -0.39 is 0 Å². The minimum atomic E-state index is -0.370. The van der Waals surface area contributed by atoms with E-state index in [2.05, 4.69) is 9.97 Å². The number of rotatable bonds is 1. The minimum Gasteiger partial charge on any atom is -0.310 e. The largest absolute Gasteiger partial charge is 0.310 e. The van der Waals surface area contributed by atoms with Gasteiger partial charge in [0.2, 0.25) is 0 Å². The summed E-state index contributed by atoms with van der Waals surface area (Å²) in [5.41, 5.74) is 0.210. The van der Waals surface area contributed by atoms with Crippen LogP contribution in [-0.2, 0) is 0 Å². The van der Waals surface area contributed by atoms with Crippen LogP contribution in [0.3, 0.4) is 0 Å². The predicted molar refractivity (Wildman–Crippen MR) is 39.7 cm³/mol. The molecule has 0 saturated carbocycles. The van der Waals surface area contributed by atoms with Gasteiger partial charge in [0.1, 0.15) is 11.4 Å². The number of hydrogen-bond acceptors (Lipinski definition) is 3. The lowest BCUT2D eigenvalue weighted by Gasteiger charge is -1.96. The fourth-order valence-electron chi connectivity index (χ4n) is 0.874. The quantitative estimate of drug-likeness (QED) is 0.584. The molecule has 4 nitrogen and oxygen atoms in total. The molecule has 1 N–H and O–H groups in total. The van der Waals surface area contributed by atoms with Gasteiger partial charge in [0.25, 0.3) is 5.56 Å². The molecule has 1 aromatic heterocycles. The predicted octanol–water partition coefficient (Wildman–Crippen LogP) is 0.199. The number of aromatic amines is 1. The van der Waals surface area contributed by atoms with Crippen LogP contribution in [0.25, 0.3) is 0 Å². The molecule has 58 valence electrons. The second-order valence-corrected chi connectivity index (χ2v) is 2.27. The first-order valence-electron chi connectivity index (χ1n) is 3.18. The lowest BCUT2D eigenvalue weighted by atomic mass is 10.2. The summed E-state index contributed by atoms with van der Waals surface area (Å²) in [6.45, 7) is 3.30. The monoisotopic (exact) mass is 152 g/mol. The molecule has 0 aliphatic heterocycles. The fraction of sp³-hybridized carbons (Fsp3) is 0.286. The summed E-state index contributed by atoms with van der Waals surface area (Å²) in [4.78, 5) is 27.6. The minimum absolute atomic E-state index is 0.107. The molecule has 0 unspecified atom stereocenters. The van der Waals surface area contributed by atoms with Crippen molar-refractivity contribution in [3.8, 4) is 0 Å². The maximum atomic E-state index is 11.0. The highest BCUT2D eigenvalue weighted by molar-refractivity contribution is 5.75. The molecule has 0 aromatic carbocycles. The molecule has 0 aliphatic rings. The molecule has 0 fully saturated rings. The van der Waals surface area contributed by atoms with Crippen LogP contribution >= 0.6 is 0 Å². The molecule has 0 aliphatic carbocycles. The number of nitrogens with one attached hydrogen (secondary N) is 1. The van der Waals surface area contributed by atoms with Gasteiger partial charge in [-0.25, -0.2) is 4.98 Å². The van der Waals surface area contributed by atoms with Crippen molar-refractivity contribution in [3.63, 3.8) is 0 Å². The number of nitrogens with zero attached hydrogens (tertiary/aromatic N) is 1. The van der Waals surface area contributed by atoms with Gasteiger partial charge in [-0.15, -0.1) is 0 Å². The van der Waals surface area contributed by atoms with Gasteiger partial charge in [0, 0.05) is 0 Å². The number of carbonyl (C=O) groups is 1. The second kappa shape index (κ2) is 2.65. The van der Waals surface area contributed by atoms with Crippen LogP contribution in [0.2, 0.25) is 0 Å². The maximum absolute atomic E-state index is 11.0. The summed E-state index contributed by atoms with van der Waals surface area (Å²) in [5, 5.41) is 0. The fourth-order valence-corrected chi connectivity index (χ4v) is 0.874. The third kappa shape index (κ3) is 1.34. The Labute approximate surface area is 63.3 Å². The molecule has 0 saturated heterocycles. The van der Waals surface area contributed by atoms with Gasteiger partial charge in [-0.1, -0.05) is 0 Å². The third-order valence-corrected chi connectivity index (χ3v) is 1.38. The van der Waals surface area contributed by atoms with Crippen molar-refractivity contribution in [1.82, 2.24) is 9.97 Å². The molecule has 0 spiro atoms. The SMILES string of the molecule is Cc1nc(C)c(C=O)c(=O)[nH]1. The van der Waals surface area contributed by atoms with E-state index in [0.29, 0.717) is 17.8 Å². The normalized spacial score (nSPS) is 9.64. The molecule has 1 aromatic rings. The smallest absolute Gasteiger partial charge is 0.261 e. The zero-order valence-electron chi connectivity index (χ0n) is 6.34. The average Bonchev–Trinajstić information content (AvgIpc) is 1.85. The van der Waals surface area contributed by atoms with Crippen LogP contribution in [0, 0.1) is 13.8 Å². The van der Waals surface area contributed by atoms with Gasteiger partial charge in [-0.05, 0) is 13.8 Å². The Morgan fingerprint density at radius 2 is 2.09 bits per heavy atom.